The quantitative estimate of drug-likeness (QED) is 0.633. The van der Waals surface area contributed by atoms with Crippen LogP contribution in [0.25, 0.3) is 0 Å². The fourth-order valence-electron chi connectivity index (χ4n) is 1.93. The van der Waals surface area contributed by atoms with Gasteiger partial charge in [0.1, 0.15) is 0 Å². The summed E-state index contributed by atoms with van der Waals surface area (Å²) in [5, 5.41) is 0. The maximum absolute atomic E-state index is 4.39. The summed E-state index contributed by atoms with van der Waals surface area (Å²) in [5.74, 6) is 0. The van der Waals surface area contributed by atoms with Crippen molar-refractivity contribution in [1.82, 2.24) is 4.98 Å². The van der Waals surface area contributed by atoms with Crippen molar-refractivity contribution in [3.05, 3.63) is 30.1 Å². The van der Waals surface area contributed by atoms with Crippen LogP contribution in [0.2, 0.25) is 0 Å². The van der Waals surface area contributed by atoms with Gasteiger partial charge >= 0.3 is 0 Å². The molecule has 0 N–H and O–H groups in total. The summed E-state index contributed by atoms with van der Waals surface area (Å²) in [4.78, 5) is 4.39. The van der Waals surface area contributed by atoms with Gasteiger partial charge in [0.15, 0.2) is 0 Å². The molecule has 84 valence electrons. The molecule has 1 rings (SSSR count). The van der Waals surface area contributed by atoms with Crippen LogP contribution in [0.3, 0.4) is 0 Å². The lowest BCUT2D eigenvalue weighted by Crippen LogP contribution is -2.15. The van der Waals surface area contributed by atoms with Crippen LogP contribution >= 0.6 is 0 Å². The van der Waals surface area contributed by atoms with Crippen molar-refractivity contribution in [2.24, 2.45) is 5.41 Å². The Labute approximate surface area is 93.9 Å². The highest BCUT2D eigenvalue weighted by atomic mass is 14.7. The normalized spacial score (nSPS) is 11.7. The number of nitrogens with zero attached hydrogens (tertiary/aromatic N) is 1. The lowest BCUT2D eigenvalue weighted by Gasteiger charge is -2.24. The van der Waals surface area contributed by atoms with Crippen LogP contribution < -0.4 is 0 Å². The molecule has 0 saturated heterocycles. The minimum absolute atomic E-state index is 0.392. The molecule has 1 aromatic heterocycles. The van der Waals surface area contributed by atoms with E-state index in [9.17, 15) is 0 Å². The number of rotatable bonds is 6. The maximum atomic E-state index is 4.39. The van der Waals surface area contributed by atoms with E-state index in [0.717, 1.165) is 6.42 Å². The van der Waals surface area contributed by atoms with Crippen molar-refractivity contribution in [2.75, 3.05) is 0 Å². The molecule has 1 heterocycles. The van der Waals surface area contributed by atoms with E-state index in [1.165, 1.54) is 31.4 Å². The van der Waals surface area contributed by atoms with Gasteiger partial charge in [0.2, 0.25) is 0 Å². The van der Waals surface area contributed by atoms with Crippen molar-refractivity contribution in [1.29, 1.82) is 0 Å². The third-order valence-electron chi connectivity index (χ3n) is 2.84. The summed E-state index contributed by atoms with van der Waals surface area (Å²) < 4.78 is 0. The van der Waals surface area contributed by atoms with Crippen molar-refractivity contribution in [2.45, 2.75) is 52.9 Å². The molecule has 0 bridgehead atoms. The van der Waals surface area contributed by atoms with Gasteiger partial charge in [0.25, 0.3) is 0 Å². The minimum Gasteiger partial charge on any atom is -0.261 e. The lowest BCUT2D eigenvalue weighted by atomic mass is 9.82. The third kappa shape index (κ3) is 4.96. The van der Waals surface area contributed by atoms with Crippen LogP contribution in [0.1, 0.15) is 52.1 Å². The first-order valence-electron chi connectivity index (χ1n) is 6.04. The number of pyridine rings is 1. The zero-order chi connectivity index (χ0) is 11.1. The van der Waals surface area contributed by atoms with Gasteiger partial charge in [-0.15, -0.1) is 0 Å². The Kier molecular flexibility index (Phi) is 4.80. The van der Waals surface area contributed by atoms with Crippen LogP contribution in [0.15, 0.2) is 24.4 Å². The average molecular weight is 205 g/mol. The second-order valence-corrected chi connectivity index (χ2v) is 5.12. The molecule has 1 heteroatoms. The Morgan fingerprint density at radius 3 is 2.60 bits per heavy atom. The Hall–Kier alpha value is -0.850. The first-order chi connectivity index (χ1) is 7.14. The average Bonchev–Trinajstić information content (AvgIpc) is 2.18. The molecular formula is C14H23N. The zero-order valence-corrected chi connectivity index (χ0v) is 10.3. The number of unbranched alkanes of at least 4 members (excludes halogenated alkanes) is 2. The molecule has 0 amide bonds. The van der Waals surface area contributed by atoms with Crippen molar-refractivity contribution >= 4 is 0 Å². The summed E-state index contributed by atoms with van der Waals surface area (Å²) in [6.07, 6.45) is 8.29. The molecule has 0 aliphatic carbocycles. The van der Waals surface area contributed by atoms with Crippen LogP contribution in [0, 0.1) is 5.41 Å². The fraction of sp³-hybridized carbons (Fsp3) is 0.643. The van der Waals surface area contributed by atoms with Crippen LogP contribution in [-0.4, -0.2) is 4.98 Å². The van der Waals surface area contributed by atoms with Crippen molar-refractivity contribution < 1.29 is 0 Å². The second-order valence-electron chi connectivity index (χ2n) is 5.12. The Bertz CT molecular complexity index is 264. The number of hydrogen-bond donors (Lipinski definition) is 0. The SMILES string of the molecule is CCCCCC(C)(C)Cc1ccccn1. The van der Waals surface area contributed by atoms with E-state index in [-0.39, 0.29) is 0 Å². The van der Waals surface area contributed by atoms with E-state index in [2.05, 4.69) is 37.9 Å². The van der Waals surface area contributed by atoms with Gasteiger partial charge in [-0.1, -0.05) is 46.1 Å². The van der Waals surface area contributed by atoms with E-state index >= 15 is 0 Å². The van der Waals surface area contributed by atoms with Gasteiger partial charge in [-0.2, -0.15) is 0 Å². The summed E-state index contributed by atoms with van der Waals surface area (Å²) in [6.45, 7) is 6.94. The summed E-state index contributed by atoms with van der Waals surface area (Å²) in [5.41, 5.74) is 1.61. The largest absolute Gasteiger partial charge is 0.261 e. The molecule has 15 heavy (non-hydrogen) atoms. The van der Waals surface area contributed by atoms with Gasteiger partial charge in [-0.05, 0) is 30.4 Å². The van der Waals surface area contributed by atoms with E-state index in [0.29, 0.717) is 5.41 Å². The monoisotopic (exact) mass is 205 g/mol. The van der Waals surface area contributed by atoms with Gasteiger partial charge in [0.05, 0.1) is 0 Å². The van der Waals surface area contributed by atoms with E-state index in [4.69, 9.17) is 0 Å². The first-order valence-corrected chi connectivity index (χ1v) is 6.04. The topological polar surface area (TPSA) is 12.9 Å². The maximum Gasteiger partial charge on any atom is 0.0408 e. The molecule has 0 radical (unpaired) electrons. The van der Waals surface area contributed by atoms with Crippen molar-refractivity contribution in [3.63, 3.8) is 0 Å². The summed E-state index contributed by atoms with van der Waals surface area (Å²) in [7, 11) is 0. The molecule has 0 aliphatic heterocycles. The Balaban J connectivity index is 2.42. The van der Waals surface area contributed by atoms with E-state index in [1.807, 2.05) is 12.3 Å². The highest BCUT2D eigenvalue weighted by Gasteiger charge is 2.18. The van der Waals surface area contributed by atoms with Gasteiger partial charge in [0, 0.05) is 11.9 Å². The lowest BCUT2D eigenvalue weighted by molar-refractivity contribution is 0.315. The second kappa shape index (κ2) is 5.89. The van der Waals surface area contributed by atoms with E-state index in [1.54, 1.807) is 0 Å². The molecule has 0 fully saturated rings. The molecule has 0 spiro atoms. The molecule has 0 unspecified atom stereocenters. The smallest absolute Gasteiger partial charge is 0.0408 e. The third-order valence-corrected chi connectivity index (χ3v) is 2.84. The Morgan fingerprint density at radius 1 is 1.20 bits per heavy atom. The Morgan fingerprint density at radius 2 is 2.00 bits per heavy atom. The molecule has 0 aromatic carbocycles. The summed E-state index contributed by atoms with van der Waals surface area (Å²) >= 11 is 0. The van der Waals surface area contributed by atoms with Gasteiger partial charge in [-0.25, -0.2) is 0 Å². The molecule has 1 aromatic rings. The van der Waals surface area contributed by atoms with Crippen LogP contribution in [-0.2, 0) is 6.42 Å². The zero-order valence-electron chi connectivity index (χ0n) is 10.3. The highest BCUT2D eigenvalue weighted by molar-refractivity contribution is 5.05. The number of hydrogen-bond acceptors (Lipinski definition) is 1. The fourth-order valence-corrected chi connectivity index (χ4v) is 1.93. The minimum atomic E-state index is 0.392. The van der Waals surface area contributed by atoms with Crippen LogP contribution in [0.5, 0.6) is 0 Å². The predicted molar refractivity (Wildman–Crippen MR) is 65.9 cm³/mol. The van der Waals surface area contributed by atoms with E-state index < -0.39 is 0 Å². The standard InChI is InChI=1S/C14H23N/c1-4-5-7-10-14(2,3)12-13-9-6-8-11-15-13/h6,8-9,11H,4-5,7,10,12H2,1-3H3. The first kappa shape index (κ1) is 12.2. The molecule has 1 nitrogen and oxygen atoms in total. The predicted octanol–water partition coefficient (Wildman–Crippen LogP) is 4.23. The molecule has 0 atom stereocenters. The van der Waals surface area contributed by atoms with Crippen LogP contribution in [0.4, 0.5) is 0 Å². The summed E-state index contributed by atoms with van der Waals surface area (Å²) in [6, 6.07) is 6.18. The van der Waals surface area contributed by atoms with Gasteiger partial charge < -0.3 is 0 Å². The molecular weight excluding hydrogens is 182 g/mol. The number of aromatic nitrogens is 1. The highest BCUT2D eigenvalue weighted by Crippen LogP contribution is 2.27. The molecule has 0 aliphatic rings. The van der Waals surface area contributed by atoms with Crippen molar-refractivity contribution in [3.8, 4) is 0 Å². The molecule has 0 saturated carbocycles. The van der Waals surface area contributed by atoms with Gasteiger partial charge in [-0.3, -0.25) is 4.98 Å².